The van der Waals surface area contributed by atoms with E-state index in [0.29, 0.717) is 10.6 Å². The Bertz CT molecular complexity index is 783. The van der Waals surface area contributed by atoms with Crippen LogP contribution in [0.3, 0.4) is 0 Å². The molecule has 0 spiro atoms. The molecule has 5 nitrogen and oxygen atoms in total. The number of carboxylic acids is 1. The fraction of sp³-hybridized carbons (Fsp3) is 0.333. The summed E-state index contributed by atoms with van der Waals surface area (Å²) >= 11 is 5.84. The molecular formula is C21H22ClNO4. The molecule has 1 atom stereocenters. The van der Waals surface area contributed by atoms with E-state index in [1.807, 2.05) is 12.1 Å². The second kappa shape index (κ2) is 8.91. The van der Waals surface area contributed by atoms with Gasteiger partial charge in [-0.25, -0.2) is 0 Å². The van der Waals surface area contributed by atoms with Gasteiger partial charge in [-0.2, -0.15) is 0 Å². The van der Waals surface area contributed by atoms with Crippen molar-refractivity contribution in [3.63, 3.8) is 0 Å². The van der Waals surface area contributed by atoms with E-state index in [1.54, 1.807) is 36.4 Å². The average molecular weight is 388 g/mol. The van der Waals surface area contributed by atoms with Gasteiger partial charge in [0.15, 0.2) is 0 Å². The maximum atomic E-state index is 12.4. The molecule has 6 heteroatoms. The van der Waals surface area contributed by atoms with Crippen LogP contribution in [-0.4, -0.2) is 23.1 Å². The quantitative estimate of drug-likeness (QED) is 0.727. The van der Waals surface area contributed by atoms with Crippen LogP contribution in [0.25, 0.3) is 0 Å². The van der Waals surface area contributed by atoms with E-state index in [4.69, 9.17) is 16.3 Å². The summed E-state index contributed by atoms with van der Waals surface area (Å²) in [5.74, 6) is -0.560. The van der Waals surface area contributed by atoms with Crippen LogP contribution in [0.15, 0.2) is 48.5 Å². The fourth-order valence-corrected chi connectivity index (χ4v) is 3.37. The molecule has 2 N–H and O–H groups in total. The van der Waals surface area contributed by atoms with Crippen molar-refractivity contribution in [3.8, 4) is 5.75 Å². The normalized spacial score (nSPS) is 15.3. The zero-order chi connectivity index (χ0) is 19.2. The van der Waals surface area contributed by atoms with E-state index in [-0.39, 0.29) is 18.4 Å². The predicted octanol–water partition coefficient (Wildman–Crippen LogP) is 4.61. The molecule has 0 aliphatic heterocycles. The third-order valence-electron chi connectivity index (χ3n) is 4.68. The standard InChI is InChI=1S/C21H22ClNO4/c22-16-9-5-15(6-10-16)21(26)23-19(13-20(24)25)14-7-11-18(12-8-14)27-17-3-1-2-4-17/h5-12,17,19H,1-4,13H2,(H,23,26)(H,24,25)/t19-/m1/s1. The highest BCUT2D eigenvalue weighted by Gasteiger charge is 2.20. The summed E-state index contributed by atoms with van der Waals surface area (Å²) in [6.07, 6.45) is 4.58. The number of aliphatic carboxylic acids is 1. The van der Waals surface area contributed by atoms with Crippen molar-refractivity contribution >= 4 is 23.5 Å². The van der Waals surface area contributed by atoms with Crippen molar-refractivity contribution in [2.45, 2.75) is 44.2 Å². The number of nitrogens with one attached hydrogen (secondary N) is 1. The maximum Gasteiger partial charge on any atom is 0.305 e. The second-order valence-electron chi connectivity index (χ2n) is 6.72. The number of carbonyl (C=O) groups is 2. The summed E-state index contributed by atoms with van der Waals surface area (Å²) in [5, 5.41) is 12.5. The average Bonchev–Trinajstić information content (AvgIpc) is 3.15. The Morgan fingerprint density at radius 3 is 2.30 bits per heavy atom. The van der Waals surface area contributed by atoms with E-state index in [1.165, 1.54) is 12.8 Å². The smallest absolute Gasteiger partial charge is 0.305 e. The summed E-state index contributed by atoms with van der Waals surface area (Å²) in [6.45, 7) is 0. The van der Waals surface area contributed by atoms with Gasteiger partial charge in [-0.05, 0) is 67.6 Å². The second-order valence-corrected chi connectivity index (χ2v) is 7.16. The minimum atomic E-state index is -0.984. The van der Waals surface area contributed by atoms with Crippen molar-refractivity contribution in [2.24, 2.45) is 0 Å². The lowest BCUT2D eigenvalue weighted by molar-refractivity contribution is -0.137. The summed E-state index contributed by atoms with van der Waals surface area (Å²) in [7, 11) is 0. The highest BCUT2D eigenvalue weighted by Crippen LogP contribution is 2.26. The minimum Gasteiger partial charge on any atom is -0.490 e. The van der Waals surface area contributed by atoms with Crippen LogP contribution in [-0.2, 0) is 4.79 Å². The van der Waals surface area contributed by atoms with Crippen LogP contribution >= 0.6 is 11.6 Å². The van der Waals surface area contributed by atoms with Gasteiger partial charge in [0.25, 0.3) is 5.91 Å². The van der Waals surface area contributed by atoms with Gasteiger partial charge in [0, 0.05) is 10.6 Å². The highest BCUT2D eigenvalue weighted by molar-refractivity contribution is 6.30. The number of amides is 1. The molecule has 2 aromatic rings. The molecule has 1 saturated carbocycles. The van der Waals surface area contributed by atoms with Crippen LogP contribution in [0.4, 0.5) is 0 Å². The monoisotopic (exact) mass is 387 g/mol. The number of benzene rings is 2. The minimum absolute atomic E-state index is 0.206. The maximum absolute atomic E-state index is 12.4. The lowest BCUT2D eigenvalue weighted by Crippen LogP contribution is -2.30. The Hall–Kier alpha value is -2.53. The molecular weight excluding hydrogens is 366 g/mol. The Balaban J connectivity index is 1.70. The topological polar surface area (TPSA) is 75.6 Å². The van der Waals surface area contributed by atoms with Crippen LogP contribution < -0.4 is 10.1 Å². The number of carboxylic acid groups (broad SMARTS) is 1. The summed E-state index contributed by atoms with van der Waals surface area (Å²) in [4.78, 5) is 23.7. The molecule has 27 heavy (non-hydrogen) atoms. The van der Waals surface area contributed by atoms with Gasteiger partial charge in [-0.3, -0.25) is 9.59 Å². The van der Waals surface area contributed by atoms with Gasteiger partial charge in [-0.15, -0.1) is 0 Å². The molecule has 0 heterocycles. The first-order chi connectivity index (χ1) is 13.0. The molecule has 2 aromatic carbocycles. The van der Waals surface area contributed by atoms with Crippen LogP contribution in [0.1, 0.15) is 54.1 Å². The first-order valence-corrected chi connectivity index (χ1v) is 9.44. The third-order valence-corrected chi connectivity index (χ3v) is 4.93. The Morgan fingerprint density at radius 1 is 1.07 bits per heavy atom. The van der Waals surface area contributed by atoms with Crippen molar-refractivity contribution in [1.82, 2.24) is 5.32 Å². The molecule has 142 valence electrons. The van der Waals surface area contributed by atoms with Gasteiger partial charge >= 0.3 is 5.97 Å². The number of halogens is 1. The van der Waals surface area contributed by atoms with E-state index in [0.717, 1.165) is 24.2 Å². The van der Waals surface area contributed by atoms with Crippen molar-refractivity contribution in [3.05, 3.63) is 64.7 Å². The molecule has 0 saturated heterocycles. The van der Waals surface area contributed by atoms with E-state index < -0.39 is 12.0 Å². The predicted molar refractivity (Wildman–Crippen MR) is 103 cm³/mol. The van der Waals surface area contributed by atoms with Gasteiger partial charge in [0.1, 0.15) is 5.75 Å². The van der Waals surface area contributed by atoms with Crippen molar-refractivity contribution in [1.29, 1.82) is 0 Å². The first kappa shape index (κ1) is 19.2. The van der Waals surface area contributed by atoms with Crippen LogP contribution in [0, 0.1) is 0 Å². The van der Waals surface area contributed by atoms with Crippen LogP contribution in [0.2, 0.25) is 5.02 Å². The summed E-state index contributed by atoms with van der Waals surface area (Å²) in [5.41, 5.74) is 1.15. The van der Waals surface area contributed by atoms with Crippen LogP contribution in [0.5, 0.6) is 5.75 Å². The Labute approximate surface area is 163 Å². The summed E-state index contributed by atoms with van der Waals surface area (Å²) in [6, 6.07) is 13.1. The number of hydrogen-bond donors (Lipinski definition) is 2. The Morgan fingerprint density at radius 2 is 1.70 bits per heavy atom. The number of carbonyl (C=O) groups excluding carboxylic acids is 1. The number of rotatable bonds is 7. The number of hydrogen-bond acceptors (Lipinski definition) is 3. The third kappa shape index (κ3) is 5.47. The van der Waals surface area contributed by atoms with Gasteiger partial charge < -0.3 is 15.2 Å². The zero-order valence-electron chi connectivity index (χ0n) is 14.9. The van der Waals surface area contributed by atoms with E-state index in [2.05, 4.69) is 5.32 Å². The largest absolute Gasteiger partial charge is 0.490 e. The first-order valence-electron chi connectivity index (χ1n) is 9.06. The fourth-order valence-electron chi connectivity index (χ4n) is 3.25. The van der Waals surface area contributed by atoms with E-state index in [9.17, 15) is 14.7 Å². The SMILES string of the molecule is O=C(O)C[C@@H](NC(=O)c1ccc(Cl)cc1)c1ccc(OC2CCCC2)cc1. The molecule has 0 bridgehead atoms. The molecule has 0 radical (unpaired) electrons. The molecule has 3 rings (SSSR count). The van der Waals surface area contributed by atoms with Gasteiger partial charge in [0.2, 0.25) is 0 Å². The lowest BCUT2D eigenvalue weighted by atomic mass is 10.0. The molecule has 1 fully saturated rings. The Kier molecular flexibility index (Phi) is 6.35. The molecule has 0 aromatic heterocycles. The summed E-state index contributed by atoms with van der Waals surface area (Å²) < 4.78 is 5.94. The van der Waals surface area contributed by atoms with E-state index >= 15 is 0 Å². The lowest BCUT2D eigenvalue weighted by Gasteiger charge is -2.19. The molecule has 1 amide bonds. The molecule has 1 aliphatic rings. The molecule has 0 unspecified atom stereocenters. The highest BCUT2D eigenvalue weighted by atomic mass is 35.5. The van der Waals surface area contributed by atoms with Gasteiger partial charge in [0.05, 0.1) is 18.6 Å². The van der Waals surface area contributed by atoms with Crippen molar-refractivity contribution < 1.29 is 19.4 Å². The number of ether oxygens (including phenoxy) is 1. The zero-order valence-corrected chi connectivity index (χ0v) is 15.6. The van der Waals surface area contributed by atoms with Gasteiger partial charge in [-0.1, -0.05) is 23.7 Å². The molecule has 1 aliphatic carbocycles. The van der Waals surface area contributed by atoms with Crippen molar-refractivity contribution in [2.75, 3.05) is 0 Å².